The Labute approximate surface area is 113 Å². The molecule has 8 heteroatoms. The number of hydrogen-bond acceptors (Lipinski definition) is 5. The summed E-state index contributed by atoms with van der Waals surface area (Å²) in [5, 5.41) is 7.06. The molecule has 0 aromatic heterocycles. The van der Waals surface area contributed by atoms with E-state index in [0.717, 1.165) is 0 Å². The van der Waals surface area contributed by atoms with E-state index in [4.69, 9.17) is 0 Å². The van der Waals surface area contributed by atoms with Gasteiger partial charge in [-0.05, 0) is 26.7 Å². The van der Waals surface area contributed by atoms with Crippen LogP contribution < -0.4 is 16.0 Å². The van der Waals surface area contributed by atoms with Crippen LogP contribution in [0.3, 0.4) is 0 Å². The topological polar surface area (TPSA) is 104 Å². The van der Waals surface area contributed by atoms with E-state index in [2.05, 4.69) is 16.0 Å². The van der Waals surface area contributed by atoms with Crippen molar-refractivity contribution < 1.29 is 18.0 Å². The molecular weight excluding hydrogens is 270 g/mol. The third-order valence-electron chi connectivity index (χ3n) is 3.08. The zero-order valence-electron chi connectivity index (χ0n) is 11.2. The van der Waals surface area contributed by atoms with Crippen molar-refractivity contribution >= 4 is 21.8 Å². The second-order valence-electron chi connectivity index (χ2n) is 4.61. The molecule has 0 saturated carbocycles. The van der Waals surface area contributed by atoms with Gasteiger partial charge in [-0.2, -0.15) is 0 Å². The van der Waals surface area contributed by atoms with Crippen molar-refractivity contribution in [3.05, 3.63) is 0 Å². The standard InChI is InChI=1S/C11H21N3O4S/c1-3-12-11(16)14-10(15)8(2)13-7-9-5-4-6-19(9,17)18/h8-9,13H,3-7H2,1-2H3,(H2,12,14,15,16). The largest absolute Gasteiger partial charge is 0.338 e. The Morgan fingerprint density at radius 3 is 2.58 bits per heavy atom. The van der Waals surface area contributed by atoms with E-state index in [0.29, 0.717) is 19.4 Å². The summed E-state index contributed by atoms with van der Waals surface area (Å²) < 4.78 is 23.2. The average Bonchev–Trinajstić information content (AvgIpc) is 2.65. The summed E-state index contributed by atoms with van der Waals surface area (Å²) in [5.74, 6) is -0.250. The first-order chi connectivity index (χ1) is 8.86. The minimum atomic E-state index is -3.01. The van der Waals surface area contributed by atoms with Crippen LogP contribution in [0.2, 0.25) is 0 Å². The lowest BCUT2D eigenvalue weighted by atomic mass is 10.2. The molecule has 1 saturated heterocycles. The first kappa shape index (κ1) is 15.9. The Hall–Kier alpha value is -1.15. The summed E-state index contributed by atoms with van der Waals surface area (Å²) in [6.07, 6.45) is 1.30. The Bertz CT molecular complexity index is 435. The van der Waals surface area contributed by atoms with Gasteiger partial charge in [-0.25, -0.2) is 13.2 Å². The molecular formula is C11H21N3O4S. The van der Waals surface area contributed by atoms with Gasteiger partial charge in [-0.15, -0.1) is 0 Å². The van der Waals surface area contributed by atoms with Gasteiger partial charge in [0.1, 0.15) is 0 Å². The Kier molecular flexibility index (Phi) is 5.74. The highest BCUT2D eigenvalue weighted by Crippen LogP contribution is 2.19. The molecule has 19 heavy (non-hydrogen) atoms. The highest BCUT2D eigenvalue weighted by molar-refractivity contribution is 7.92. The highest BCUT2D eigenvalue weighted by Gasteiger charge is 2.31. The number of nitrogens with one attached hydrogen (secondary N) is 3. The SMILES string of the molecule is CCNC(=O)NC(=O)C(C)NCC1CCCS1(=O)=O. The number of urea groups is 1. The summed E-state index contributed by atoms with van der Waals surface area (Å²) in [6.45, 7) is 4.01. The molecule has 3 N–H and O–H groups in total. The number of amides is 3. The van der Waals surface area contributed by atoms with Crippen LogP contribution in [0.4, 0.5) is 4.79 Å². The number of imide groups is 1. The molecule has 0 bridgehead atoms. The summed E-state index contributed by atoms with van der Waals surface area (Å²) in [4.78, 5) is 22.8. The van der Waals surface area contributed by atoms with E-state index in [9.17, 15) is 18.0 Å². The van der Waals surface area contributed by atoms with Gasteiger partial charge in [0.25, 0.3) is 0 Å². The molecule has 1 aliphatic heterocycles. The molecule has 0 aromatic rings. The van der Waals surface area contributed by atoms with Crippen LogP contribution in [0, 0.1) is 0 Å². The number of sulfone groups is 1. The van der Waals surface area contributed by atoms with Gasteiger partial charge in [-0.1, -0.05) is 0 Å². The lowest BCUT2D eigenvalue weighted by molar-refractivity contribution is -0.121. The van der Waals surface area contributed by atoms with Crippen molar-refractivity contribution in [3.8, 4) is 0 Å². The predicted molar refractivity (Wildman–Crippen MR) is 71.5 cm³/mol. The van der Waals surface area contributed by atoms with Crippen molar-refractivity contribution in [2.75, 3.05) is 18.8 Å². The lowest BCUT2D eigenvalue weighted by Crippen LogP contribution is -2.49. The van der Waals surface area contributed by atoms with Crippen LogP contribution in [-0.2, 0) is 14.6 Å². The van der Waals surface area contributed by atoms with Crippen LogP contribution >= 0.6 is 0 Å². The maximum Gasteiger partial charge on any atom is 0.321 e. The fourth-order valence-electron chi connectivity index (χ4n) is 1.91. The number of carbonyl (C=O) groups is 2. The zero-order chi connectivity index (χ0) is 14.5. The molecule has 1 rings (SSSR count). The third-order valence-corrected chi connectivity index (χ3v) is 5.36. The minimum Gasteiger partial charge on any atom is -0.338 e. The van der Waals surface area contributed by atoms with Gasteiger partial charge in [0.2, 0.25) is 5.91 Å². The molecule has 2 atom stereocenters. The average molecular weight is 291 g/mol. The molecule has 1 heterocycles. The lowest BCUT2D eigenvalue weighted by Gasteiger charge is -2.16. The van der Waals surface area contributed by atoms with Crippen molar-refractivity contribution in [1.29, 1.82) is 0 Å². The minimum absolute atomic E-state index is 0.221. The maximum atomic E-state index is 11.6. The maximum absolute atomic E-state index is 11.6. The van der Waals surface area contributed by atoms with Gasteiger partial charge >= 0.3 is 6.03 Å². The molecule has 110 valence electrons. The number of hydrogen-bond donors (Lipinski definition) is 3. The van der Waals surface area contributed by atoms with Gasteiger partial charge in [0, 0.05) is 13.1 Å². The number of carbonyl (C=O) groups excluding carboxylic acids is 2. The molecule has 0 aliphatic carbocycles. The van der Waals surface area contributed by atoms with E-state index in [-0.39, 0.29) is 12.3 Å². The van der Waals surface area contributed by atoms with Crippen molar-refractivity contribution in [3.63, 3.8) is 0 Å². The molecule has 0 aromatic carbocycles. The number of rotatable bonds is 5. The fraction of sp³-hybridized carbons (Fsp3) is 0.818. The van der Waals surface area contributed by atoms with Crippen molar-refractivity contribution in [2.45, 2.75) is 38.0 Å². The van der Waals surface area contributed by atoms with Crippen LogP contribution in [0.5, 0.6) is 0 Å². The van der Waals surface area contributed by atoms with Gasteiger partial charge in [0.05, 0.1) is 17.0 Å². The van der Waals surface area contributed by atoms with Crippen LogP contribution in [0.25, 0.3) is 0 Å². The van der Waals surface area contributed by atoms with Crippen molar-refractivity contribution in [2.24, 2.45) is 0 Å². The van der Waals surface area contributed by atoms with E-state index >= 15 is 0 Å². The molecule has 0 spiro atoms. The highest BCUT2D eigenvalue weighted by atomic mass is 32.2. The molecule has 0 radical (unpaired) electrons. The summed E-state index contributed by atoms with van der Waals surface area (Å²) in [7, 11) is -3.01. The zero-order valence-corrected chi connectivity index (χ0v) is 12.0. The molecule has 1 aliphatic rings. The first-order valence-electron chi connectivity index (χ1n) is 6.40. The Morgan fingerprint density at radius 1 is 1.37 bits per heavy atom. The van der Waals surface area contributed by atoms with Crippen LogP contribution in [0.1, 0.15) is 26.7 Å². The molecule has 2 unspecified atom stereocenters. The van der Waals surface area contributed by atoms with Crippen LogP contribution in [0.15, 0.2) is 0 Å². The second kappa shape index (κ2) is 6.85. The normalized spacial score (nSPS) is 22.7. The quantitative estimate of drug-likeness (QED) is 0.626. The van der Waals surface area contributed by atoms with E-state index in [1.165, 1.54) is 0 Å². The van der Waals surface area contributed by atoms with Crippen molar-refractivity contribution in [1.82, 2.24) is 16.0 Å². The monoisotopic (exact) mass is 291 g/mol. The second-order valence-corrected chi connectivity index (χ2v) is 7.01. The molecule has 3 amide bonds. The predicted octanol–water partition coefficient (Wildman–Crippen LogP) is -0.613. The summed E-state index contributed by atoms with van der Waals surface area (Å²) in [5.41, 5.74) is 0. The van der Waals surface area contributed by atoms with E-state index in [1.807, 2.05) is 0 Å². The summed E-state index contributed by atoms with van der Waals surface area (Å²) in [6, 6.07) is -1.16. The Morgan fingerprint density at radius 2 is 2.05 bits per heavy atom. The Balaban J connectivity index is 2.36. The third kappa shape index (κ3) is 4.79. The van der Waals surface area contributed by atoms with Gasteiger partial charge < -0.3 is 10.6 Å². The van der Waals surface area contributed by atoms with E-state index < -0.39 is 33.1 Å². The molecule has 1 fully saturated rings. The smallest absolute Gasteiger partial charge is 0.321 e. The van der Waals surface area contributed by atoms with Gasteiger partial charge in [-0.3, -0.25) is 10.1 Å². The van der Waals surface area contributed by atoms with Crippen LogP contribution in [-0.4, -0.2) is 50.5 Å². The fourth-order valence-corrected chi connectivity index (χ4v) is 3.69. The first-order valence-corrected chi connectivity index (χ1v) is 8.12. The molecule has 7 nitrogen and oxygen atoms in total. The van der Waals surface area contributed by atoms with Gasteiger partial charge in [0.15, 0.2) is 9.84 Å². The van der Waals surface area contributed by atoms with E-state index in [1.54, 1.807) is 13.8 Å². The summed E-state index contributed by atoms with van der Waals surface area (Å²) >= 11 is 0.